The molecule has 0 bridgehead atoms. The number of hydrogen-bond donors (Lipinski definition) is 2. The summed E-state index contributed by atoms with van der Waals surface area (Å²) in [5.41, 5.74) is 1.88. The zero-order valence-electron chi connectivity index (χ0n) is 12.6. The molecule has 3 rings (SSSR count). The number of benzene rings is 1. The lowest BCUT2D eigenvalue weighted by atomic mass is 10.0. The predicted molar refractivity (Wildman–Crippen MR) is 85.3 cm³/mol. The second kappa shape index (κ2) is 6.28. The minimum absolute atomic E-state index is 0.0139. The molecule has 1 heterocycles. The maximum atomic E-state index is 12.3. The summed E-state index contributed by atoms with van der Waals surface area (Å²) in [6.45, 7) is 1.96. The van der Waals surface area contributed by atoms with Crippen molar-refractivity contribution in [2.45, 2.75) is 25.9 Å². The lowest BCUT2D eigenvalue weighted by Gasteiger charge is -2.17. The summed E-state index contributed by atoms with van der Waals surface area (Å²) in [6.07, 6.45) is 3.06. The van der Waals surface area contributed by atoms with E-state index in [0.717, 1.165) is 12.8 Å². The normalized spacial score (nSPS) is 16.8. The van der Waals surface area contributed by atoms with Crippen LogP contribution in [0.3, 0.4) is 0 Å². The number of aromatic nitrogens is 1. The highest BCUT2D eigenvalue weighted by Crippen LogP contribution is 2.37. The van der Waals surface area contributed by atoms with Crippen molar-refractivity contribution in [3.8, 4) is 0 Å². The van der Waals surface area contributed by atoms with Crippen LogP contribution in [0.25, 0.3) is 0 Å². The monoisotopic (exact) mass is 296 g/mol. The maximum absolute atomic E-state index is 12.3. The minimum atomic E-state index is -0.853. The van der Waals surface area contributed by atoms with E-state index >= 15 is 0 Å². The highest BCUT2D eigenvalue weighted by molar-refractivity contribution is 5.93. The van der Waals surface area contributed by atoms with Crippen LogP contribution in [0, 0.1) is 11.8 Å². The molecule has 1 aromatic heterocycles. The summed E-state index contributed by atoms with van der Waals surface area (Å²) in [6, 6.07) is 12.8. The Morgan fingerprint density at radius 2 is 1.95 bits per heavy atom. The first kappa shape index (κ1) is 14.7. The quantitative estimate of drug-likeness (QED) is 0.891. The Bertz CT molecular complexity index is 653. The number of para-hydroxylation sites is 1. The summed E-state index contributed by atoms with van der Waals surface area (Å²) in [7, 11) is 0. The summed E-state index contributed by atoms with van der Waals surface area (Å²) in [5, 5.41) is 13.5. The van der Waals surface area contributed by atoms with Crippen molar-refractivity contribution in [3.63, 3.8) is 0 Å². The molecule has 0 radical (unpaired) electrons. The Kier molecular flexibility index (Phi) is 4.20. The molecule has 2 atom stereocenters. The Labute approximate surface area is 130 Å². The van der Waals surface area contributed by atoms with Crippen LogP contribution in [0.15, 0.2) is 48.7 Å². The van der Waals surface area contributed by atoms with Crippen molar-refractivity contribution in [2.75, 3.05) is 5.32 Å². The number of carbonyl (C=O) groups excluding carboxylic acids is 1. The first-order chi connectivity index (χ1) is 10.7. The van der Waals surface area contributed by atoms with Crippen molar-refractivity contribution in [3.05, 3.63) is 59.9 Å². The van der Waals surface area contributed by atoms with Gasteiger partial charge >= 0.3 is 0 Å². The molecule has 0 spiro atoms. The maximum Gasteiger partial charge on any atom is 0.227 e. The zero-order chi connectivity index (χ0) is 15.5. The third-order valence-corrected chi connectivity index (χ3v) is 4.22. The third kappa shape index (κ3) is 3.17. The van der Waals surface area contributed by atoms with Gasteiger partial charge in [-0.2, -0.15) is 0 Å². The standard InChI is InChI=1S/C18H20N2O2/c1-12(13-9-10-13)18(22)20-15-7-3-2-6-14(15)17(21)16-8-4-5-11-19-16/h2-8,11-13,17,21H,9-10H2,1H3,(H,20,22). The van der Waals surface area contributed by atoms with Gasteiger partial charge in [-0.25, -0.2) is 0 Å². The Morgan fingerprint density at radius 3 is 2.64 bits per heavy atom. The molecular weight excluding hydrogens is 276 g/mol. The molecule has 22 heavy (non-hydrogen) atoms. The number of aliphatic hydroxyl groups excluding tert-OH is 1. The molecule has 2 N–H and O–H groups in total. The van der Waals surface area contributed by atoms with Gasteiger partial charge in [-0.15, -0.1) is 0 Å². The third-order valence-electron chi connectivity index (χ3n) is 4.22. The van der Waals surface area contributed by atoms with Crippen molar-refractivity contribution >= 4 is 11.6 Å². The van der Waals surface area contributed by atoms with Gasteiger partial charge in [-0.1, -0.05) is 31.2 Å². The van der Waals surface area contributed by atoms with Crippen molar-refractivity contribution in [1.29, 1.82) is 0 Å². The van der Waals surface area contributed by atoms with E-state index in [9.17, 15) is 9.90 Å². The fourth-order valence-corrected chi connectivity index (χ4v) is 2.60. The first-order valence-electron chi connectivity index (χ1n) is 7.65. The van der Waals surface area contributed by atoms with Crippen LogP contribution in [0.1, 0.15) is 37.1 Å². The summed E-state index contributed by atoms with van der Waals surface area (Å²) >= 11 is 0. The molecule has 2 unspecified atom stereocenters. The predicted octanol–water partition coefficient (Wildman–Crippen LogP) is 3.15. The Hall–Kier alpha value is -2.20. The topological polar surface area (TPSA) is 62.2 Å². The fraction of sp³-hybridized carbons (Fsp3) is 0.333. The van der Waals surface area contributed by atoms with Crippen LogP contribution in [-0.2, 0) is 4.79 Å². The molecule has 1 fully saturated rings. The Morgan fingerprint density at radius 1 is 1.23 bits per heavy atom. The van der Waals surface area contributed by atoms with Crippen LogP contribution in [0.5, 0.6) is 0 Å². The number of hydrogen-bond acceptors (Lipinski definition) is 3. The number of aliphatic hydroxyl groups is 1. The first-order valence-corrected chi connectivity index (χ1v) is 7.65. The van der Waals surface area contributed by atoms with E-state index < -0.39 is 6.10 Å². The van der Waals surface area contributed by atoms with Gasteiger partial charge in [0.1, 0.15) is 6.10 Å². The lowest BCUT2D eigenvalue weighted by molar-refractivity contribution is -0.119. The lowest BCUT2D eigenvalue weighted by Crippen LogP contribution is -2.23. The van der Waals surface area contributed by atoms with E-state index in [-0.39, 0.29) is 11.8 Å². The van der Waals surface area contributed by atoms with Crippen LogP contribution in [0.2, 0.25) is 0 Å². The van der Waals surface area contributed by atoms with E-state index in [1.165, 1.54) is 0 Å². The summed E-state index contributed by atoms with van der Waals surface area (Å²) < 4.78 is 0. The second-order valence-electron chi connectivity index (χ2n) is 5.86. The van der Waals surface area contributed by atoms with Gasteiger partial charge in [-0.3, -0.25) is 9.78 Å². The van der Waals surface area contributed by atoms with Gasteiger partial charge in [0.25, 0.3) is 0 Å². The number of rotatable bonds is 5. The highest BCUT2D eigenvalue weighted by atomic mass is 16.3. The smallest absolute Gasteiger partial charge is 0.227 e. The molecule has 0 aliphatic heterocycles. The van der Waals surface area contributed by atoms with Crippen molar-refractivity contribution < 1.29 is 9.90 Å². The molecule has 4 heteroatoms. The minimum Gasteiger partial charge on any atom is -0.382 e. The average Bonchev–Trinajstić information content (AvgIpc) is 3.39. The van der Waals surface area contributed by atoms with Crippen LogP contribution in [0.4, 0.5) is 5.69 Å². The van der Waals surface area contributed by atoms with Gasteiger partial charge in [0.05, 0.1) is 5.69 Å². The van der Waals surface area contributed by atoms with Crippen molar-refractivity contribution in [2.24, 2.45) is 11.8 Å². The molecule has 1 amide bonds. The number of anilines is 1. The molecule has 4 nitrogen and oxygen atoms in total. The number of carbonyl (C=O) groups is 1. The fourth-order valence-electron chi connectivity index (χ4n) is 2.60. The Balaban J connectivity index is 1.82. The molecule has 114 valence electrons. The van der Waals surface area contributed by atoms with E-state index in [1.54, 1.807) is 18.3 Å². The van der Waals surface area contributed by atoms with Crippen LogP contribution >= 0.6 is 0 Å². The van der Waals surface area contributed by atoms with Crippen LogP contribution in [-0.4, -0.2) is 16.0 Å². The van der Waals surface area contributed by atoms with E-state index in [4.69, 9.17) is 0 Å². The second-order valence-corrected chi connectivity index (χ2v) is 5.86. The van der Waals surface area contributed by atoms with E-state index in [1.807, 2.05) is 37.3 Å². The summed E-state index contributed by atoms with van der Waals surface area (Å²) in [4.78, 5) is 16.5. The summed E-state index contributed by atoms with van der Waals surface area (Å²) in [5.74, 6) is 0.538. The van der Waals surface area contributed by atoms with Crippen LogP contribution < -0.4 is 5.32 Å². The molecule has 1 aliphatic rings. The van der Waals surface area contributed by atoms with Gasteiger partial charge in [-0.05, 0) is 37.0 Å². The average molecular weight is 296 g/mol. The SMILES string of the molecule is CC(C(=O)Nc1ccccc1C(O)c1ccccn1)C1CC1. The van der Waals surface area contributed by atoms with Gasteiger partial charge in [0.15, 0.2) is 0 Å². The molecule has 1 aromatic carbocycles. The molecular formula is C18H20N2O2. The molecule has 2 aromatic rings. The molecule has 0 saturated heterocycles. The highest BCUT2D eigenvalue weighted by Gasteiger charge is 2.33. The van der Waals surface area contributed by atoms with Gasteiger partial charge in [0.2, 0.25) is 5.91 Å². The number of amides is 1. The largest absolute Gasteiger partial charge is 0.382 e. The number of nitrogens with one attached hydrogen (secondary N) is 1. The van der Waals surface area contributed by atoms with E-state index in [2.05, 4.69) is 10.3 Å². The van der Waals surface area contributed by atoms with Crippen molar-refractivity contribution in [1.82, 2.24) is 4.98 Å². The number of nitrogens with zero attached hydrogens (tertiary/aromatic N) is 1. The number of pyridine rings is 1. The van der Waals surface area contributed by atoms with E-state index in [0.29, 0.717) is 22.9 Å². The molecule has 1 aliphatic carbocycles. The van der Waals surface area contributed by atoms with Gasteiger partial charge < -0.3 is 10.4 Å². The van der Waals surface area contributed by atoms with Gasteiger partial charge in [0, 0.05) is 23.4 Å². The zero-order valence-corrected chi connectivity index (χ0v) is 12.6. The molecule has 1 saturated carbocycles.